The first-order valence-electron chi connectivity index (χ1n) is 6.08. The molecule has 0 fully saturated rings. The molecule has 0 unspecified atom stereocenters. The van der Waals surface area contributed by atoms with Crippen LogP contribution in [0.15, 0.2) is 28.7 Å². The van der Waals surface area contributed by atoms with Crippen molar-refractivity contribution >= 4 is 21.7 Å². The predicted molar refractivity (Wildman–Crippen MR) is 78.1 cm³/mol. The van der Waals surface area contributed by atoms with Crippen molar-refractivity contribution in [3.05, 3.63) is 68.2 Å². The Morgan fingerprint density at radius 3 is 2.10 bits per heavy atom. The number of benzene rings is 2. The minimum absolute atomic E-state index is 0.103. The molecule has 2 aromatic rings. The number of rotatable bonds is 2. The maximum absolute atomic E-state index is 13.8. The number of carbonyl (C=O) groups excluding carboxylic acids is 1. The van der Waals surface area contributed by atoms with Gasteiger partial charge in [-0.2, -0.15) is 0 Å². The fourth-order valence-corrected chi connectivity index (χ4v) is 2.46. The zero-order chi connectivity index (χ0) is 15.0. The Morgan fingerprint density at radius 2 is 1.45 bits per heavy atom. The molecular weight excluding hydrogens is 326 g/mol. The van der Waals surface area contributed by atoms with Gasteiger partial charge in [0.25, 0.3) is 0 Å². The van der Waals surface area contributed by atoms with Gasteiger partial charge in [0.1, 0.15) is 11.6 Å². The molecule has 0 heterocycles. The average Bonchev–Trinajstić information content (AvgIpc) is 2.37. The van der Waals surface area contributed by atoms with Gasteiger partial charge in [0.2, 0.25) is 0 Å². The van der Waals surface area contributed by atoms with Gasteiger partial charge in [0, 0.05) is 16.1 Å². The molecular formula is C16H13BrF2O. The third kappa shape index (κ3) is 2.66. The van der Waals surface area contributed by atoms with E-state index in [-0.39, 0.29) is 11.1 Å². The number of carbonyl (C=O) groups is 1. The lowest BCUT2D eigenvalue weighted by Gasteiger charge is -2.10. The molecule has 20 heavy (non-hydrogen) atoms. The van der Waals surface area contributed by atoms with Gasteiger partial charge in [-0.25, -0.2) is 8.78 Å². The van der Waals surface area contributed by atoms with E-state index in [4.69, 9.17) is 0 Å². The second-order valence-electron chi connectivity index (χ2n) is 4.83. The van der Waals surface area contributed by atoms with E-state index in [1.807, 2.05) is 13.0 Å². The zero-order valence-corrected chi connectivity index (χ0v) is 12.9. The molecule has 4 heteroatoms. The molecule has 104 valence electrons. The molecule has 0 aliphatic rings. The van der Waals surface area contributed by atoms with Crippen molar-refractivity contribution in [3.8, 4) is 0 Å². The molecule has 0 aliphatic carbocycles. The average molecular weight is 339 g/mol. The van der Waals surface area contributed by atoms with Crippen molar-refractivity contribution < 1.29 is 13.6 Å². The van der Waals surface area contributed by atoms with Crippen molar-refractivity contribution in [1.82, 2.24) is 0 Å². The quantitative estimate of drug-likeness (QED) is 0.713. The molecule has 0 aromatic heterocycles. The standard InChI is InChI=1S/C16H13BrF2O/c1-8-6-13(17)9(2)4-11(8)16(20)12-5-10(3)14(18)7-15(12)19/h4-7H,1-3H3. The summed E-state index contributed by atoms with van der Waals surface area (Å²) in [7, 11) is 0. The van der Waals surface area contributed by atoms with Crippen LogP contribution in [0.3, 0.4) is 0 Å². The molecule has 0 radical (unpaired) electrons. The first kappa shape index (κ1) is 14.9. The highest BCUT2D eigenvalue weighted by atomic mass is 79.9. The van der Waals surface area contributed by atoms with Crippen LogP contribution in [0.4, 0.5) is 8.78 Å². The molecule has 0 saturated carbocycles. The molecule has 0 amide bonds. The topological polar surface area (TPSA) is 17.1 Å². The second-order valence-corrected chi connectivity index (χ2v) is 5.68. The van der Waals surface area contributed by atoms with Gasteiger partial charge in [-0.3, -0.25) is 4.79 Å². The minimum atomic E-state index is -0.835. The maximum atomic E-state index is 13.8. The van der Waals surface area contributed by atoms with Crippen LogP contribution < -0.4 is 0 Å². The Morgan fingerprint density at radius 1 is 0.850 bits per heavy atom. The van der Waals surface area contributed by atoms with E-state index in [0.717, 1.165) is 21.7 Å². The van der Waals surface area contributed by atoms with Gasteiger partial charge in [-0.15, -0.1) is 0 Å². The van der Waals surface area contributed by atoms with E-state index in [1.54, 1.807) is 13.0 Å². The van der Waals surface area contributed by atoms with Gasteiger partial charge < -0.3 is 0 Å². The predicted octanol–water partition coefficient (Wildman–Crippen LogP) is 4.88. The summed E-state index contributed by atoms with van der Waals surface area (Å²) in [5.41, 5.74) is 2.21. The van der Waals surface area contributed by atoms with Crippen LogP contribution in [0.25, 0.3) is 0 Å². The van der Waals surface area contributed by atoms with Crippen molar-refractivity contribution in [2.24, 2.45) is 0 Å². The third-order valence-corrected chi connectivity index (χ3v) is 4.10. The molecule has 0 aliphatic heterocycles. The number of halogens is 3. The monoisotopic (exact) mass is 338 g/mol. The normalized spacial score (nSPS) is 10.7. The smallest absolute Gasteiger partial charge is 0.196 e. The fraction of sp³-hybridized carbons (Fsp3) is 0.188. The molecule has 2 rings (SSSR count). The summed E-state index contributed by atoms with van der Waals surface area (Å²) in [5.74, 6) is -1.92. The van der Waals surface area contributed by atoms with E-state index in [2.05, 4.69) is 15.9 Å². The zero-order valence-electron chi connectivity index (χ0n) is 11.4. The van der Waals surface area contributed by atoms with Crippen LogP contribution in [0.2, 0.25) is 0 Å². The summed E-state index contributed by atoms with van der Waals surface area (Å²) in [4.78, 5) is 12.4. The summed E-state index contributed by atoms with van der Waals surface area (Å²) in [6.07, 6.45) is 0. The van der Waals surface area contributed by atoms with Gasteiger partial charge in [-0.05, 0) is 55.7 Å². The van der Waals surface area contributed by atoms with Crippen LogP contribution in [-0.2, 0) is 0 Å². The molecule has 1 nitrogen and oxygen atoms in total. The van der Waals surface area contributed by atoms with Crippen molar-refractivity contribution in [2.75, 3.05) is 0 Å². The highest BCUT2D eigenvalue weighted by molar-refractivity contribution is 9.10. The largest absolute Gasteiger partial charge is 0.288 e. The number of hydrogen-bond acceptors (Lipinski definition) is 1. The molecule has 0 atom stereocenters. The van der Waals surface area contributed by atoms with E-state index >= 15 is 0 Å². The van der Waals surface area contributed by atoms with Gasteiger partial charge in [-0.1, -0.05) is 15.9 Å². The van der Waals surface area contributed by atoms with Crippen molar-refractivity contribution in [2.45, 2.75) is 20.8 Å². The Hall–Kier alpha value is -1.55. The first-order valence-corrected chi connectivity index (χ1v) is 6.87. The van der Waals surface area contributed by atoms with E-state index in [9.17, 15) is 13.6 Å². The Balaban J connectivity index is 2.57. The van der Waals surface area contributed by atoms with Crippen molar-refractivity contribution in [1.29, 1.82) is 0 Å². The lowest BCUT2D eigenvalue weighted by Crippen LogP contribution is -2.08. The lowest BCUT2D eigenvalue weighted by atomic mass is 9.96. The molecule has 0 saturated heterocycles. The summed E-state index contributed by atoms with van der Waals surface area (Å²) in [5, 5.41) is 0. The first-order chi connectivity index (χ1) is 9.31. The van der Waals surface area contributed by atoms with Gasteiger partial charge in [0.15, 0.2) is 5.78 Å². The number of ketones is 1. The minimum Gasteiger partial charge on any atom is -0.288 e. The lowest BCUT2D eigenvalue weighted by molar-refractivity contribution is 0.103. The van der Waals surface area contributed by atoms with Gasteiger partial charge >= 0.3 is 0 Å². The summed E-state index contributed by atoms with van der Waals surface area (Å²) >= 11 is 3.39. The Kier molecular flexibility index (Phi) is 4.04. The number of aryl methyl sites for hydroxylation is 3. The number of hydrogen-bond donors (Lipinski definition) is 0. The van der Waals surface area contributed by atoms with Gasteiger partial charge in [0.05, 0.1) is 5.56 Å². The van der Waals surface area contributed by atoms with Crippen LogP contribution in [-0.4, -0.2) is 5.78 Å². The van der Waals surface area contributed by atoms with Crippen LogP contribution >= 0.6 is 15.9 Å². The summed E-state index contributed by atoms with van der Waals surface area (Å²) in [6, 6.07) is 5.53. The SMILES string of the molecule is Cc1cc(C(=O)c2cc(C)c(Br)cc2C)c(F)cc1F. The second kappa shape index (κ2) is 5.44. The third-order valence-electron chi connectivity index (χ3n) is 3.24. The summed E-state index contributed by atoms with van der Waals surface area (Å²) < 4.78 is 28.0. The van der Waals surface area contributed by atoms with E-state index in [1.165, 1.54) is 13.0 Å². The highest BCUT2D eigenvalue weighted by Gasteiger charge is 2.18. The fourth-order valence-electron chi connectivity index (χ4n) is 2.00. The molecule has 0 spiro atoms. The van der Waals surface area contributed by atoms with E-state index < -0.39 is 17.4 Å². The van der Waals surface area contributed by atoms with Crippen LogP contribution in [0.5, 0.6) is 0 Å². The highest BCUT2D eigenvalue weighted by Crippen LogP contribution is 2.24. The van der Waals surface area contributed by atoms with E-state index in [0.29, 0.717) is 5.56 Å². The van der Waals surface area contributed by atoms with Crippen molar-refractivity contribution in [3.63, 3.8) is 0 Å². The molecule has 0 bridgehead atoms. The molecule has 0 N–H and O–H groups in total. The Bertz CT molecular complexity index is 649. The Labute approximate surface area is 124 Å². The maximum Gasteiger partial charge on any atom is 0.196 e. The van der Waals surface area contributed by atoms with Crippen LogP contribution in [0, 0.1) is 32.4 Å². The van der Waals surface area contributed by atoms with Crippen LogP contribution in [0.1, 0.15) is 32.6 Å². The molecule has 2 aromatic carbocycles. The summed E-state index contributed by atoms with van der Waals surface area (Å²) in [6.45, 7) is 5.14.